The van der Waals surface area contributed by atoms with E-state index in [1.807, 2.05) is 12.4 Å². The zero-order valence-corrected chi connectivity index (χ0v) is 11.7. The highest BCUT2D eigenvalue weighted by atomic mass is 15.0. The maximum atomic E-state index is 4.36. The lowest BCUT2D eigenvalue weighted by Crippen LogP contribution is -2.22. The first-order chi connectivity index (χ1) is 9.24. The monoisotopic (exact) mass is 255 g/mol. The van der Waals surface area contributed by atoms with Crippen LogP contribution in [-0.4, -0.2) is 16.1 Å². The molecule has 0 aliphatic heterocycles. The largest absolute Gasteiger partial charge is 0.338 e. The number of hydrogen-bond acceptors (Lipinski definition) is 2. The summed E-state index contributed by atoms with van der Waals surface area (Å²) in [5, 5.41) is 3.68. The summed E-state index contributed by atoms with van der Waals surface area (Å²) >= 11 is 0. The van der Waals surface area contributed by atoms with E-state index < -0.39 is 0 Å². The normalized spacial score (nSPS) is 17.7. The quantitative estimate of drug-likeness (QED) is 0.910. The molecule has 1 aliphatic carbocycles. The van der Waals surface area contributed by atoms with Gasteiger partial charge in [0.05, 0.1) is 0 Å². The number of benzene rings is 1. The van der Waals surface area contributed by atoms with Gasteiger partial charge in [0.15, 0.2) is 0 Å². The topological polar surface area (TPSA) is 29.9 Å². The smallest absolute Gasteiger partial charge is 0.109 e. The third-order valence-corrected chi connectivity index (χ3v) is 4.04. The van der Waals surface area contributed by atoms with Crippen molar-refractivity contribution in [1.82, 2.24) is 14.9 Å². The van der Waals surface area contributed by atoms with Gasteiger partial charge >= 0.3 is 0 Å². The van der Waals surface area contributed by atoms with E-state index in [0.29, 0.717) is 6.04 Å². The number of nitrogens with one attached hydrogen (secondary N) is 1. The van der Waals surface area contributed by atoms with Crippen LogP contribution in [0, 0.1) is 6.92 Å². The second-order valence-corrected chi connectivity index (χ2v) is 5.45. The molecule has 1 aliphatic rings. The van der Waals surface area contributed by atoms with Gasteiger partial charge in [0.2, 0.25) is 0 Å². The van der Waals surface area contributed by atoms with Gasteiger partial charge in [-0.25, -0.2) is 4.98 Å². The predicted octanol–water partition coefficient (Wildman–Crippen LogP) is 2.55. The van der Waals surface area contributed by atoms with Crippen LogP contribution < -0.4 is 5.32 Å². The average molecular weight is 255 g/mol. The third kappa shape index (κ3) is 2.56. The fourth-order valence-corrected chi connectivity index (χ4v) is 2.93. The number of nitrogens with zero attached hydrogens (tertiary/aromatic N) is 2. The summed E-state index contributed by atoms with van der Waals surface area (Å²) in [5.74, 6) is 1.15. The molecule has 1 aromatic carbocycles. The maximum absolute atomic E-state index is 4.36. The second kappa shape index (κ2) is 5.17. The minimum atomic E-state index is 0.523. The lowest BCUT2D eigenvalue weighted by Gasteiger charge is -2.14. The van der Waals surface area contributed by atoms with Crippen LogP contribution in [0.15, 0.2) is 30.6 Å². The van der Waals surface area contributed by atoms with Crippen molar-refractivity contribution in [3.8, 4) is 0 Å². The van der Waals surface area contributed by atoms with E-state index in [1.165, 1.54) is 29.5 Å². The summed E-state index contributed by atoms with van der Waals surface area (Å²) in [5.41, 5.74) is 4.37. The van der Waals surface area contributed by atoms with Crippen molar-refractivity contribution in [3.05, 3.63) is 53.1 Å². The highest BCUT2D eigenvalue weighted by Crippen LogP contribution is 2.31. The molecule has 3 heteroatoms. The molecule has 0 fully saturated rings. The van der Waals surface area contributed by atoms with Crippen LogP contribution in [0.25, 0.3) is 0 Å². The van der Waals surface area contributed by atoms with Crippen LogP contribution in [0.5, 0.6) is 0 Å². The highest BCUT2D eigenvalue weighted by molar-refractivity contribution is 5.37. The Bertz CT molecular complexity index is 571. The molecule has 0 spiro atoms. The molecule has 19 heavy (non-hydrogen) atoms. The molecule has 1 N–H and O–H groups in total. The van der Waals surface area contributed by atoms with Crippen LogP contribution in [0.2, 0.25) is 0 Å². The molecule has 2 aromatic rings. The number of imidazole rings is 1. The Balaban J connectivity index is 1.61. The number of aryl methyl sites for hydroxylation is 3. The van der Waals surface area contributed by atoms with Crippen LogP contribution in [0.1, 0.15) is 35.0 Å². The Hall–Kier alpha value is -1.61. The van der Waals surface area contributed by atoms with E-state index in [0.717, 1.165) is 18.8 Å². The molecular weight excluding hydrogens is 234 g/mol. The van der Waals surface area contributed by atoms with Gasteiger partial charge in [-0.2, -0.15) is 0 Å². The fourth-order valence-electron chi connectivity index (χ4n) is 2.93. The minimum absolute atomic E-state index is 0.523. The van der Waals surface area contributed by atoms with E-state index in [-0.39, 0.29) is 0 Å². The average Bonchev–Trinajstić information content (AvgIpc) is 2.97. The van der Waals surface area contributed by atoms with Gasteiger partial charge in [-0.3, -0.25) is 0 Å². The van der Waals surface area contributed by atoms with Crippen molar-refractivity contribution in [3.63, 3.8) is 0 Å². The standard InChI is InChI=1S/C16H21N3/c1-12-3-4-13-5-6-15(14(13)11-12)17-8-7-16-18-9-10-19(16)2/h3-4,9-11,15,17H,5-8H2,1-2H3. The summed E-state index contributed by atoms with van der Waals surface area (Å²) in [6, 6.07) is 7.36. The molecule has 1 heterocycles. The van der Waals surface area contributed by atoms with Gasteiger partial charge in [0.1, 0.15) is 5.82 Å². The van der Waals surface area contributed by atoms with E-state index in [2.05, 4.69) is 47.0 Å². The van der Waals surface area contributed by atoms with Crippen molar-refractivity contribution < 1.29 is 0 Å². The fraction of sp³-hybridized carbons (Fsp3) is 0.438. The van der Waals surface area contributed by atoms with E-state index in [4.69, 9.17) is 0 Å². The zero-order chi connectivity index (χ0) is 13.2. The van der Waals surface area contributed by atoms with Crippen LogP contribution in [0.4, 0.5) is 0 Å². The van der Waals surface area contributed by atoms with Crippen molar-refractivity contribution in [2.24, 2.45) is 7.05 Å². The van der Waals surface area contributed by atoms with Gasteiger partial charge in [0.25, 0.3) is 0 Å². The molecule has 0 saturated carbocycles. The minimum Gasteiger partial charge on any atom is -0.338 e. The molecular formula is C16H21N3. The summed E-state index contributed by atoms with van der Waals surface area (Å²) in [6.45, 7) is 3.16. The van der Waals surface area contributed by atoms with Crippen molar-refractivity contribution in [2.45, 2.75) is 32.2 Å². The summed E-state index contributed by atoms with van der Waals surface area (Å²) in [4.78, 5) is 4.36. The number of fused-ring (bicyclic) bond motifs is 1. The Kier molecular flexibility index (Phi) is 3.38. The molecule has 0 amide bonds. The summed E-state index contributed by atoms with van der Waals surface area (Å²) in [6.07, 6.45) is 7.28. The van der Waals surface area contributed by atoms with Crippen molar-refractivity contribution in [2.75, 3.05) is 6.54 Å². The van der Waals surface area contributed by atoms with Gasteiger partial charge in [-0.1, -0.05) is 23.8 Å². The van der Waals surface area contributed by atoms with E-state index >= 15 is 0 Å². The molecule has 100 valence electrons. The van der Waals surface area contributed by atoms with Crippen molar-refractivity contribution in [1.29, 1.82) is 0 Å². The Morgan fingerprint density at radius 1 is 1.42 bits per heavy atom. The lowest BCUT2D eigenvalue weighted by molar-refractivity contribution is 0.526. The van der Waals surface area contributed by atoms with Crippen LogP contribution >= 0.6 is 0 Å². The third-order valence-electron chi connectivity index (χ3n) is 4.04. The summed E-state index contributed by atoms with van der Waals surface area (Å²) < 4.78 is 2.09. The Labute approximate surface area is 114 Å². The molecule has 0 bridgehead atoms. The number of rotatable bonds is 4. The molecule has 3 nitrogen and oxygen atoms in total. The Morgan fingerprint density at radius 2 is 2.32 bits per heavy atom. The first kappa shape index (κ1) is 12.4. The highest BCUT2D eigenvalue weighted by Gasteiger charge is 2.21. The first-order valence-corrected chi connectivity index (χ1v) is 7.03. The maximum Gasteiger partial charge on any atom is 0.109 e. The molecule has 3 rings (SSSR count). The zero-order valence-electron chi connectivity index (χ0n) is 11.7. The van der Waals surface area contributed by atoms with Gasteiger partial charge in [0, 0.05) is 38.4 Å². The Morgan fingerprint density at radius 3 is 3.11 bits per heavy atom. The van der Waals surface area contributed by atoms with Crippen molar-refractivity contribution >= 4 is 0 Å². The van der Waals surface area contributed by atoms with Gasteiger partial charge in [-0.05, 0) is 30.9 Å². The van der Waals surface area contributed by atoms with E-state index in [9.17, 15) is 0 Å². The molecule has 0 saturated heterocycles. The predicted molar refractivity (Wildman–Crippen MR) is 77.2 cm³/mol. The second-order valence-electron chi connectivity index (χ2n) is 5.45. The van der Waals surface area contributed by atoms with Gasteiger partial charge in [-0.15, -0.1) is 0 Å². The van der Waals surface area contributed by atoms with Crippen LogP contribution in [0.3, 0.4) is 0 Å². The SMILES string of the molecule is Cc1ccc2c(c1)C(NCCc1nccn1C)CC2. The lowest BCUT2D eigenvalue weighted by atomic mass is 10.1. The molecule has 0 radical (unpaired) electrons. The van der Waals surface area contributed by atoms with E-state index in [1.54, 1.807) is 0 Å². The molecule has 1 atom stereocenters. The molecule has 1 unspecified atom stereocenters. The number of aromatic nitrogens is 2. The summed E-state index contributed by atoms with van der Waals surface area (Å²) in [7, 11) is 2.05. The van der Waals surface area contributed by atoms with Crippen LogP contribution in [-0.2, 0) is 19.9 Å². The first-order valence-electron chi connectivity index (χ1n) is 7.03. The number of hydrogen-bond donors (Lipinski definition) is 1. The molecule has 1 aromatic heterocycles. The van der Waals surface area contributed by atoms with Gasteiger partial charge < -0.3 is 9.88 Å².